The third-order valence-corrected chi connectivity index (χ3v) is 23.6. The van der Waals surface area contributed by atoms with Gasteiger partial charge in [0.25, 0.3) is 0 Å². The lowest BCUT2D eigenvalue weighted by molar-refractivity contribution is 0.357. The van der Waals surface area contributed by atoms with Crippen molar-refractivity contribution in [2.24, 2.45) is 23.7 Å². The molecule has 4 aliphatic rings. The molecule has 12 unspecified atom stereocenters. The van der Waals surface area contributed by atoms with Gasteiger partial charge in [-0.25, -0.2) is 0 Å². The molecular formula is C58H81PSi. The number of rotatable bonds is 15. The normalized spacial score (nSPS) is 30.6. The summed E-state index contributed by atoms with van der Waals surface area (Å²) < 4.78 is 0. The van der Waals surface area contributed by atoms with Gasteiger partial charge in [0.2, 0.25) is 0 Å². The maximum absolute atomic E-state index is 2.89. The van der Waals surface area contributed by atoms with Crippen LogP contribution in [0.3, 0.4) is 0 Å². The molecule has 0 radical (unpaired) electrons. The second kappa shape index (κ2) is 18.4. The van der Waals surface area contributed by atoms with Crippen molar-refractivity contribution in [3.8, 4) is 0 Å². The van der Waals surface area contributed by atoms with Gasteiger partial charge in [-0.2, -0.15) is 0 Å². The fraction of sp³-hybridized carbons (Fsp3) is 0.621. The molecule has 0 bridgehead atoms. The molecule has 0 saturated carbocycles. The molecule has 0 spiro atoms. The predicted molar refractivity (Wildman–Crippen MR) is 268 cm³/mol. The maximum atomic E-state index is 2.89. The molecule has 0 amide bonds. The molecule has 0 heterocycles. The lowest BCUT2D eigenvalue weighted by Gasteiger charge is -2.28. The standard InChI is InChI=1S/C58H81PSi/c1-13-37-41(17-5)49-32-50-42(18-6)38(14-2)46(22-10)54(50)57(53(49)45(37)21-9)59-60(36-30-29-34-27-25-26-28-35(34)31-36)58-55-47(23-11)39(15-3)43(19-7)51(55)33-52-44(20-8)40(16-4)48(24-12)56(52)58/h25-33,37-48H,13-24H2,1-12H3. The summed E-state index contributed by atoms with van der Waals surface area (Å²) in [6, 6.07) is 22.9. The third-order valence-electron chi connectivity index (χ3n) is 18.0. The summed E-state index contributed by atoms with van der Waals surface area (Å²) in [5.74, 6) is 8.41. The van der Waals surface area contributed by atoms with Gasteiger partial charge in [0, 0.05) is 5.30 Å². The smallest absolute Gasteiger partial charge is 0.0896 e. The van der Waals surface area contributed by atoms with Gasteiger partial charge in [0.15, 0.2) is 0 Å². The Morgan fingerprint density at radius 1 is 0.367 bits per heavy atom. The zero-order valence-corrected chi connectivity index (χ0v) is 42.0. The summed E-state index contributed by atoms with van der Waals surface area (Å²) in [7, 11) is 0.347. The molecule has 0 fully saturated rings. The molecule has 0 N–H and O–H groups in total. The molecule has 4 aromatic carbocycles. The summed E-state index contributed by atoms with van der Waals surface area (Å²) >= 11 is 0. The van der Waals surface area contributed by atoms with E-state index in [-0.39, 0.29) is 0 Å². The van der Waals surface area contributed by atoms with Crippen LogP contribution < -0.4 is 15.7 Å². The van der Waals surface area contributed by atoms with Gasteiger partial charge in [-0.15, -0.1) is 0 Å². The molecule has 8 rings (SSSR count). The van der Waals surface area contributed by atoms with E-state index >= 15 is 0 Å². The van der Waals surface area contributed by atoms with Crippen molar-refractivity contribution in [3.63, 3.8) is 0 Å². The molecule has 4 aliphatic carbocycles. The van der Waals surface area contributed by atoms with Gasteiger partial charge in [-0.3, -0.25) is 0 Å². The zero-order valence-electron chi connectivity index (χ0n) is 40.1. The van der Waals surface area contributed by atoms with Gasteiger partial charge in [0.1, 0.15) is 8.05 Å². The maximum Gasteiger partial charge on any atom is 0.117 e. The zero-order chi connectivity index (χ0) is 42.6. The van der Waals surface area contributed by atoms with Crippen molar-refractivity contribution in [1.82, 2.24) is 0 Å². The first-order chi connectivity index (χ1) is 29.3. The van der Waals surface area contributed by atoms with Crippen molar-refractivity contribution in [2.45, 2.75) is 207 Å². The van der Waals surface area contributed by atoms with Crippen LogP contribution >= 0.6 is 7.72 Å². The molecule has 0 saturated heterocycles. The highest BCUT2D eigenvalue weighted by Crippen LogP contribution is 2.59. The summed E-state index contributed by atoms with van der Waals surface area (Å²) in [6.45, 7) is 30.3. The number of hydrogen-bond acceptors (Lipinski definition) is 0. The summed E-state index contributed by atoms with van der Waals surface area (Å²) in [6.07, 6.45) is 15.3. The Labute approximate surface area is 370 Å². The minimum atomic E-state index is -1.33. The Morgan fingerprint density at radius 2 is 0.717 bits per heavy atom. The second-order valence-corrected chi connectivity index (χ2v) is 24.4. The van der Waals surface area contributed by atoms with Crippen LogP contribution in [0.2, 0.25) is 0 Å². The molecule has 4 aromatic rings. The SMILES string of the molecule is CCC1c2cc3c(c(P=[Si](c4ccc5ccccc5c4)c4c5c(cc6c4C(CC)C(CC)C6CC)C(CC)C(CC)C5CC)c2C(CC)C1CC)C(CC)C(CC)C3CC. The minimum Gasteiger partial charge on any atom is -0.0896 e. The first-order valence-electron chi connectivity index (χ1n) is 25.8. The van der Waals surface area contributed by atoms with E-state index in [0.717, 1.165) is 23.7 Å². The van der Waals surface area contributed by atoms with Crippen molar-refractivity contribution in [3.05, 3.63) is 99.1 Å². The molecule has 0 aliphatic heterocycles. The van der Waals surface area contributed by atoms with Crippen molar-refractivity contribution < 1.29 is 0 Å². The van der Waals surface area contributed by atoms with Gasteiger partial charge < -0.3 is 0 Å². The average Bonchev–Trinajstić information content (AvgIpc) is 3.99. The highest BCUT2D eigenvalue weighted by Gasteiger charge is 2.49. The van der Waals surface area contributed by atoms with Crippen LogP contribution in [0.4, 0.5) is 0 Å². The highest BCUT2D eigenvalue weighted by molar-refractivity contribution is 7.63. The molecular weight excluding hydrogens is 756 g/mol. The van der Waals surface area contributed by atoms with E-state index < -0.39 is 8.05 Å². The van der Waals surface area contributed by atoms with Crippen LogP contribution in [0.5, 0.6) is 0 Å². The van der Waals surface area contributed by atoms with Crippen LogP contribution in [0, 0.1) is 23.7 Å². The van der Waals surface area contributed by atoms with Gasteiger partial charge in [-0.05, 0) is 188 Å². The molecule has 12 atom stereocenters. The Bertz CT molecular complexity index is 2110. The van der Waals surface area contributed by atoms with Crippen LogP contribution in [0.25, 0.3) is 10.8 Å². The van der Waals surface area contributed by atoms with Gasteiger partial charge in [0.05, 0.1) is 0 Å². The topological polar surface area (TPSA) is 0 Å². The van der Waals surface area contributed by atoms with E-state index in [1.165, 1.54) is 87.8 Å². The summed E-state index contributed by atoms with van der Waals surface area (Å²) in [4.78, 5) is 0. The second-order valence-electron chi connectivity index (χ2n) is 19.9. The van der Waals surface area contributed by atoms with Crippen LogP contribution in [-0.4, -0.2) is 8.05 Å². The van der Waals surface area contributed by atoms with E-state index in [1.807, 2.05) is 32.7 Å². The predicted octanol–water partition coefficient (Wildman–Crippen LogP) is 16.3. The minimum absolute atomic E-state index is 0.658. The first-order valence-corrected chi connectivity index (χ1v) is 29.0. The Hall–Kier alpha value is -2.34. The number of benzene rings is 4. The Balaban J connectivity index is 1.59. The van der Waals surface area contributed by atoms with Gasteiger partial charge >= 0.3 is 0 Å². The average molecular weight is 837 g/mol. The first kappa shape index (κ1) is 44.3. The van der Waals surface area contributed by atoms with E-state index in [0.29, 0.717) is 47.3 Å². The summed E-state index contributed by atoms with van der Waals surface area (Å²) in [5.41, 5.74) is 14.6. The van der Waals surface area contributed by atoms with Crippen molar-refractivity contribution >= 4 is 42.2 Å². The highest BCUT2D eigenvalue weighted by atomic mass is 31.2. The molecule has 0 nitrogen and oxygen atoms in total. The fourth-order valence-electron chi connectivity index (χ4n) is 15.7. The van der Waals surface area contributed by atoms with E-state index in [9.17, 15) is 0 Å². The van der Waals surface area contributed by atoms with E-state index in [1.54, 1.807) is 35.2 Å². The van der Waals surface area contributed by atoms with Crippen LogP contribution in [0.1, 0.15) is 252 Å². The van der Waals surface area contributed by atoms with Crippen molar-refractivity contribution in [2.75, 3.05) is 0 Å². The quantitative estimate of drug-likeness (QED) is 0.0827. The lowest BCUT2D eigenvalue weighted by atomic mass is 9.81. The van der Waals surface area contributed by atoms with E-state index in [2.05, 4.69) is 138 Å². The Morgan fingerprint density at radius 3 is 1.08 bits per heavy atom. The molecule has 0 aromatic heterocycles. The van der Waals surface area contributed by atoms with Crippen LogP contribution in [-0.2, 0) is 0 Å². The number of hydrogen-bond donors (Lipinski definition) is 0. The third kappa shape index (κ3) is 6.69. The largest absolute Gasteiger partial charge is 0.117 e. The monoisotopic (exact) mass is 837 g/mol. The molecule has 2 heteroatoms. The fourth-order valence-corrected chi connectivity index (χ4v) is 22.2. The Kier molecular flexibility index (Phi) is 13.6. The molecule has 60 heavy (non-hydrogen) atoms. The molecule has 322 valence electrons. The summed E-state index contributed by atoms with van der Waals surface area (Å²) in [5, 5.41) is 8.27. The van der Waals surface area contributed by atoms with Crippen LogP contribution in [0.15, 0.2) is 54.6 Å². The number of fused-ring (bicyclic) bond motifs is 5. The lowest BCUT2D eigenvalue weighted by Crippen LogP contribution is -2.40. The van der Waals surface area contributed by atoms with Crippen molar-refractivity contribution in [1.29, 1.82) is 0 Å². The van der Waals surface area contributed by atoms with Gasteiger partial charge in [-0.1, -0.05) is 171 Å². The van der Waals surface area contributed by atoms with E-state index in [4.69, 9.17) is 0 Å².